The topological polar surface area (TPSA) is 67.4 Å². The highest BCUT2D eigenvalue weighted by Crippen LogP contribution is 2.11. The first-order valence-corrected chi connectivity index (χ1v) is 8.17. The van der Waals surface area contributed by atoms with E-state index in [1.807, 2.05) is 6.92 Å². The zero-order chi connectivity index (χ0) is 18.9. The van der Waals surface area contributed by atoms with Gasteiger partial charge in [0.05, 0.1) is 6.04 Å². The van der Waals surface area contributed by atoms with E-state index in [4.69, 9.17) is 4.74 Å². The molecule has 0 bridgehead atoms. The molecular formula is C20H21FN2O3. The van der Waals surface area contributed by atoms with Gasteiger partial charge in [0.15, 0.2) is 0 Å². The molecule has 6 heteroatoms. The van der Waals surface area contributed by atoms with Gasteiger partial charge in [0.25, 0.3) is 5.91 Å². The summed E-state index contributed by atoms with van der Waals surface area (Å²) in [6, 6.07) is 12.4. The number of hydrogen-bond donors (Lipinski definition) is 2. The largest absolute Gasteiger partial charge is 0.491 e. The summed E-state index contributed by atoms with van der Waals surface area (Å²) in [6.07, 6.45) is 3.08. The summed E-state index contributed by atoms with van der Waals surface area (Å²) in [4.78, 5) is 23.4. The summed E-state index contributed by atoms with van der Waals surface area (Å²) in [7, 11) is 1.57. The van der Waals surface area contributed by atoms with Crippen molar-refractivity contribution >= 4 is 17.9 Å². The van der Waals surface area contributed by atoms with E-state index in [1.165, 1.54) is 30.3 Å². The molecule has 0 radical (unpaired) electrons. The third-order valence-electron chi connectivity index (χ3n) is 3.53. The first-order valence-electron chi connectivity index (χ1n) is 8.17. The van der Waals surface area contributed by atoms with Crippen molar-refractivity contribution in [1.29, 1.82) is 0 Å². The number of hydrogen-bond acceptors (Lipinski definition) is 3. The quantitative estimate of drug-likeness (QED) is 0.750. The van der Waals surface area contributed by atoms with Crippen molar-refractivity contribution in [3.05, 3.63) is 71.6 Å². The Kier molecular flexibility index (Phi) is 6.91. The number of carbonyl (C=O) groups excluding carboxylic acids is 2. The fourth-order valence-corrected chi connectivity index (χ4v) is 2.15. The average Bonchev–Trinajstić information content (AvgIpc) is 2.65. The highest BCUT2D eigenvalue weighted by atomic mass is 19.1. The Morgan fingerprint density at radius 3 is 2.38 bits per heavy atom. The molecule has 1 unspecified atom stereocenters. The number of halogens is 1. The van der Waals surface area contributed by atoms with Gasteiger partial charge in [-0.2, -0.15) is 0 Å². The van der Waals surface area contributed by atoms with Gasteiger partial charge in [-0.25, -0.2) is 4.39 Å². The fraction of sp³-hybridized carbons (Fsp3) is 0.200. The second-order valence-corrected chi connectivity index (χ2v) is 5.71. The molecule has 136 valence electrons. The van der Waals surface area contributed by atoms with Crippen molar-refractivity contribution in [2.45, 2.75) is 13.0 Å². The molecule has 0 aliphatic carbocycles. The SMILES string of the molecule is CNC(=O)c1ccc(/C=C/C(=O)NC(C)COc2ccc(F)cc2)cc1. The lowest BCUT2D eigenvalue weighted by Gasteiger charge is -2.13. The molecule has 2 rings (SSSR count). The third-order valence-corrected chi connectivity index (χ3v) is 3.53. The molecule has 2 aromatic carbocycles. The minimum absolute atomic E-state index is 0.159. The van der Waals surface area contributed by atoms with E-state index in [0.717, 1.165) is 5.56 Å². The lowest BCUT2D eigenvalue weighted by atomic mass is 10.1. The van der Waals surface area contributed by atoms with Crippen LogP contribution >= 0.6 is 0 Å². The standard InChI is InChI=1S/C20H21FN2O3/c1-14(13-26-18-10-8-17(21)9-11-18)23-19(24)12-5-15-3-6-16(7-4-15)20(25)22-2/h3-12,14H,13H2,1-2H3,(H,22,25)(H,23,24)/b12-5+. The van der Waals surface area contributed by atoms with Crippen LogP contribution in [0.4, 0.5) is 4.39 Å². The predicted molar refractivity (Wildman–Crippen MR) is 98.4 cm³/mol. The van der Waals surface area contributed by atoms with Crippen molar-refractivity contribution in [2.24, 2.45) is 0 Å². The number of amides is 2. The summed E-state index contributed by atoms with van der Waals surface area (Å²) in [6.45, 7) is 2.08. The summed E-state index contributed by atoms with van der Waals surface area (Å²) in [5.41, 5.74) is 1.36. The molecule has 0 fully saturated rings. The van der Waals surface area contributed by atoms with Crippen LogP contribution in [0.15, 0.2) is 54.6 Å². The van der Waals surface area contributed by atoms with Crippen LogP contribution in [-0.4, -0.2) is 31.5 Å². The lowest BCUT2D eigenvalue weighted by molar-refractivity contribution is -0.117. The van der Waals surface area contributed by atoms with Crippen LogP contribution in [0.5, 0.6) is 5.75 Å². The first kappa shape index (κ1) is 19.2. The monoisotopic (exact) mass is 356 g/mol. The van der Waals surface area contributed by atoms with Crippen molar-refractivity contribution in [2.75, 3.05) is 13.7 Å². The molecule has 2 aromatic rings. The normalized spacial score (nSPS) is 11.8. The number of carbonyl (C=O) groups is 2. The molecule has 0 saturated carbocycles. The van der Waals surface area contributed by atoms with Gasteiger partial charge in [0.2, 0.25) is 5.91 Å². The minimum atomic E-state index is -0.327. The summed E-state index contributed by atoms with van der Waals surface area (Å²) in [5.74, 6) is -0.199. The van der Waals surface area contributed by atoms with Gasteiger partial charge in [0.1, 0.15) is 18.2 Å². The van der Waals surface area contributed by atoms with E-state index in [2.05, 4.69) is 10.6 Å². The van der Waals surface area contributed by atoms with Crippen molar-refractivity contribution in [1.82, 2.24) is 10.6 Å². The van der Waals surface area contributed by atoms with Crippen molar-refractivity contribution in [3.8, 4) is 5.75 Å². The van der Waals surface area contributed by atoms with Gasteiger partial charge in [-0.15, -0.1) is 0 Å². The van der Waals surface area contributed by atoms with Crippen LogP contribution in [0.2, 0.25) is 0 Å². The molecule has 2 N–H and O–H groups in total. The van der Waals surface area contributed by atoms with Gasteiger partial charge < -0.3 is 15.4 Å². The Labute approximate surface area is 151 Å². The molecule has 0 heterocycles. The molecule has 0 aliphatic heterocycles. The van der Waals surface area contributed by atoms with Gasteiger partial charge >= 0.3 is 0 Å². The molecule has 1 atom stereocenters. The Morgan fingerprint density at radius 1 is 1.12 bits per heavy atom. The molecular weight excluding hydrogens is 335 g/mol. The van der Waals surface area contributed by atoms with E-state index >= 15 is 0 Å². The maximum absolute atomic E-state index is 12.8. The highest BCUT2D eigenvalue weighted by molar-refractivity contribution is 5.94. The second-order valence-electron chi connectivity index (χ2n) is 5.71. The van der Waals surface area contributed by atoms with E-state index in [1.54, 1.807) is 37.4 Å². The molecule has 2 amide bonds. The van der Waals surface area contributed by atoms with E-state index in [-0.39, 0.29) is 30.3 Å². The molecule has 0 saturated heterocycles. The molecule has 26 heavy (non-hydrogen) atoms. The van der Waals surface area contributed by atoms with Crippen LogP contribution in [-0.2, 0) is 4.79 Å². The van der Waals surface area contributed by atoms with E-state index in [0.29, 0.717) is 11.3 Å². The van der Waals surface area contributed by atoms with Crippen LogP contribution in [0.1, 0.15) is 22.8 Å². The first-order chi connectivity index (χ1) is 12.5. The number of ether oxygens (including phenoxy) is 1. The fourth-order valence-electron chi connectivity index (χ4n) is 2.15. The summed E-state index contributed by atoms with van der Waals surface area (Å²) in [5, 5.41) is 5.33. The number of benzene rings is 2. The zero-order valence-corrected chi connectivity index (χ0v) is 14.7. The highest BCUT2D eigenvalue weighted by Gasteiger charge is 2.06. The Bertz CT molecular complexity index is 771. The van der Waals surface area contributed by atoms with E-state index in [9.17, 15) is 14.0 Å². The molecule has 0 aliphatic rings. The Hall–Kier alpha value is -3.15. The van der Waals surface area contributed by atoms with Gasteiger partial charge in [-0.05, 0) is 55.0 Å². The van der Waals surface area contributed by atoms with Gasteiger partial charge in [-0.3, -0.25) is 9.59 Å². The second kappa shape index (κ2) is 9.36. The van der Waals surface area contributed by atoms with Crippen molar-refractivity contribution < 1.29 is 18.7 Å². The van der Waals surface area contributed by atoms with Crippen molar-refractivity contribution in [3.63, 3.8) is 0 Å². The maximum atomic E-state index is 12.8. The Balaban J connectivity index is 1.80. The smallest absolute Gasteiger partial charge is 0.251 e. The molecule has 5 nitrogen and oxygen atoms in total. The van der Waals surface area contributed by atoms with Crippen LogP contribution in [0, 0.1) is 5.82 Å². The van der Waals surface area contributed by atoms with Crippen LogP contribution in [0.25, 0.3) is 6.08 Å². The number of rotatable bonds is 7. The third kappa shape index (κ3) is 6.05. The van der Waals surface area contributed by atoms with Crippen LogP contribution < -0.4 is 15.4 Å². The average molecular weight is 356 g/mol. The van der Waals surface area contributed by atoms with Gasteiger partial charge in [0, 0.05) is 18.7 Å². The summed E-state index contributed by atoms with van der Waals surface area (Å²) < 4.78 is 18.3. The maximum Gasteiger partial charge on any atom is 0.251 e. The molecule has 0 aromatic heterocycles. The van der Waals surface area contributed by atoms with Crippen LogP contribution in [0.3, 0.4) is 0 Å². The predicted octanol–water partition coefficient (Wildman–Crippen LogP) is 2.78. The minimum Gasteiger partial charge on any atom is -0.491 e. The Morgan fingerprint density at radius 2 is 1.77 bits per heavy atom. The summed E-state index contributed by atoms with van der Waals surface area (Å²) >= 11 is 0. The number of nitrogens with one attached hydrogen (secondary N) is 2. The van der Waals surface area contributed by atoms with E-state index < -0.39 is 0 Å². The lowest BCUT2D eigenvalue weighted by Crippen LogP contribution is -2.35. The zero-order valence-electron chi connectivity index (χ0n) is 14.7. The molecule has 0 spiro atoms. The van der Waals surface area contributed by atoms with Gasteiger partial charge in [-0.1, -0.05) is 12.1 Å².